The van der Waals surface area contributed by atoms with Crippen LogP contribution in [0.1, 0.15) is 26.3 Å². The number of rotatable bonds is 8. The number of para-hydroxylation sites is 3. The van der Waals surface area contributed by atoms with E-state index in [1.54, 1.807) is 0 Å². The van der Waals surface area contributed by atoms with Gasteiger partial charge < -0.3 is 14.5 Å². The van der Waals surface area contributed by atoms with Crippen LogP contribution in [0.4, 0.5) is 11.4 Å². The van der Waals surface area contributed by atoms with E-state index < -0.39 is 0 Å². The first-order valence-electron chi connectivity index (χ1n) is 15.5. The summed E-state index contributed by atoms with van der Waals surface area (Å²) >= 11 is 0. The molecule has 0 bridgehead atoms. The van der Waals surface area contributed by atoms with Crippen LogP contribution in [-0.2, 0) is 5.41 Å². The Labute approximate surface area is 265 Å². The minimum Gasteiger partial charge on any atom is -0.355 e. The van der Waals surface area contributed by atoms with Crippen molar-refractivity contribution in [2.45, 2.75) is 26.2 Å². The Balaban J connectivity index is 1.32. The molecule has 0 atom stereocenters. The van der Waals surface area contributed by atoms with Gasteiger partial charge in [-0.3, -0.25) is 0 Å². The van der Waals surface area contributed by atoms with Crippen molar-refractivity contribution in [3.63, 3.8) is 0 Å². The average Bonchev–Trinajstić information content (AvgIpc) is 3.65. The Kier molecular flexibility index (Phi) is 7.23. The molecule has 0 saturated carbocycles. The fraction of sp³-hybridized carbons (Fsp3) is 0.0952. The van der Waals surface area contributed by atoms with Gasteiger partial charge in [0, 0.05) is 50.5 Å². The molecule has 7 aromatic rings. The third kappa shape index (κ3) is 4.97. The third-order valence-corrected chi connectivity index (χ3v) is 8.93. The van der Waals surface area contributed by atoms with Gasteiger partial charge in [0.1, 0.15) is 0 Å². The van der Waals surface area contributed by atoms with Crippen molar-refractivity contribution in [3.8, 4) is 11.4 Å². The van der Waals surface area contributed by atoms with E-state index in [1.165, 1.54) is 38.3 Å². The second-order valence-electron chi connectivity index (χ2n) is 12.0. The van der Waals surface area contributed by atoms with Crippen LogP contribution in [0.15, 0.2) is 164 Å². The Morgan fingerprint density at radius 1 is 0.689 bits per heavy atom. The zero-order valence-electron chi connectivity index (χ0n) is 26.0. The van der Waals surface area contributed by atoms with Gasteiger partial charge in [-0.1, -0.05) is 105 Å². The van der Waals surface area contributed by atoms with Crippen LogP contribution in [0.3, 0.4) is 0 Å². The fourth-order valence-corrected chi connectivity index (χ4v) is 6.46. The number of aromatic nitrogens is 2. The van der Waals surface area contributed by atoms with Crippen molar-refractivity contribution < 1.29 is 0 Å². The third-order valence-electron chi connectivity index (χ3n) is 8.93. The van der Waals surface area contributed by atoms with Crippen LogP contribution in [0.2, 0.25) is 0 Å². The number of hydrogen-bond donors (Lipinski definition) is 1. The van der Waals surface area contributed by atoms with Gasteiger partial charge in [-0.2, -0.15) is 0 Å². The molecule has 0 fully saturated rings. The lowest BCUT2D eigenvalue weighted by molar-refractivity contribution is 0.644. The second-order valence-corrected chi connectivity index (χ2v) is 12.0. The number of nitrogens with one attached hydrogen (secondary N) is 1. The van der Waals surface area contributed by atoms with Crippen LogP contribution in [0.25, 0.3) is 44.1 Å². The lowest BCUT2D eigenvalue weighted by atomic mass is 9.77. The molecule has 5 aromatic carbocycles. The molecule has 0 aliphatic heterocycles. The van der Waals surface area contributed by atoms with E-state index in [0.717, 1.165) is 28.3 Å². The zero-order chi connectivity index (χ0) is 31.0. The van der Waals surface area contributed by atoms with E-state index in [1.807, 2.05) is 19.1 Å². The Bertz CT molecular complexity index is 2240. The average molecular weight is 584 g/mol. The standard InChI is InChI=1S/C42H37N3/c1-5-6-8-16-30(2)42(3,4)36-22-12-13-23-37(36)43-31-17-15-20-33(29-31)45-39-24-14-11-21-34(39)41-35-27-28-44(32-18-9-7-10-19-32)38(35)25-26-40(41)45/h5-29,43H,2H2,1,3-4H3/b6-5-,16-8-. The molecule has 0 unspecified atom stereocenters. The van der Waals surface area contributed by atoms with Gasteiger partial charge in [0.25, 0.3) is 0 Å². The highest BCUT2D eigenvalue weighted by atomic mass is 15.0. The molecule has 0 aliphatic carbocycles. The number of allylic oxidation sites excluding steroid dienone is 5. The quantitative estimate of drug-likeness (QED) is 0.177. The maximum Gasteiger partial charge on any atom is 0.0548 e. The van der Waals surface area contributed by atoms with E-state index in [-0.39, 0.29) is 5.41 Å². The molecule has 0 spiro atoms. The summed E-state index contributed by atoms with van der Waals surface area (Å²) < 4.78 is 4.66. The lowest BCUT2D eigenvalue weighted by Gasteiger charge is -2.29. The molecule has 3 nitrogen and oxygen atoms in total. The highest BCUT2D eigenvalue weighted by Crippen LogP contribution is 2.40. The van der Waals surface area contributed by atoms with Gasteiger partial charge in [-0.25, -0.2) is 0 Å². The highest BCUT2D eigenvalue weighted by Gasteiger charge is 2.25. The van der Waals surface area contributed by atoms with Gasteiger partial charge in [-0.15, -0.1) is 0 Å². The monoisotopic (exact) mass is 583 g/mol. The van der Waals surface area contributed by atoms with E-state index in [0.29, 0.717) is 0 Å². The first-order chi connectivity index (χ1) is 22.0. The van der Waals surface area contributed by atoms with Crippen molar-refractivity contribution >= 4 is 44.1 Å². The molecule has 2 heterocycles. The molecule has 3 heteroatoms. The second kappa shape index (κ2) is 11.5. The molecule has 0 radical (unpaired) electrons. The first kappa shape index (κ1) is 28.2. The minimum atomic E-state index is -0.256. The van der Waals surface area contributed by atoms with Crippen molar-refractivity contribution in [2.75, 3.05) is 5.32 Å². The Hall–Kier alpha value is -5.54. The van der Waals surface area contributed by atoms with Crippen molar-refractivity contribution in [1.29, 1.82) is 0 Å². The summed E-state index contributed by atoms with van der Waals surface area (Å²) in [6, 6.07) is 43.3. The summed E-state index contributed by atoms with van der Waals surface area (Å²) in [7, 11) is 0. The number of fused-ring (bicyclic) bond motifs is 5. The number of nitrogens with zero attached hydrogens (tertiary/aromatic N) is 2. The smallest absolute Gasteiger partial charge is 0.0548 e. The van der Waals surface area contributed by atoms with Gasteiger partial charge in [-0.05, 0) is 78.7 Å². The van der Waals surface area contributed by atoms with Crippen LogP contribution >= 0.6 is 0 Å². The summed E-state index contributed by atoms with van der Waals surface area (Å²) in [5.74, 6) is 0. The van der Waals surface area contributed by atoms with Crippen LogP contribution < -0.4 is 5.32 Å². The lowest BCUT2D eigenvalue weighted by Crippen LogP contribution is -2.20. The Morgan fingerprint density at radius 2 is 1.40 bits per heavy atom. The molecule has 2 aromatic heterocycles. The number of hydrogen-bond acceptors (Lipinski definition) is 1. The van der Waals surface area contributed by atoms with Crippen molar-refractivity contribution in [3.05, 3.63) is 170 Å². The molecular formula is C42H37N3. The molecular weight excluding hydrogens is 546 g/mol. The molecule has 0 aliphatic rings. The van der Waals surface area contributed by atoms with E-state index in [9.17, 15) is 0 Å². The SMILES string of the molecule is C=C(/C=C\C=C/C)C(C)(C)c1ccccc1Nc1cccc(-n2c3ccccc3c3c4ccn(-c5ccccc5)c4ccc32)c1. The van der Waals surface area contributed by atoms with Crippen LogP contribution in [0, 0.1) is 0 Å². The molecule has 7 rings (SSSR count). The predicted octanol–water partition coefficient (Wildman–Crippen LogP) is 11.4. The predicted molar refractivity (Wildman–Crippen MR) is 193 cm³/mol. The first-order valence-corrected chi connectivity index (χ1v) is 15.5. The van der Waals surface area contributed by atoms with Crippen LogP contribution in [0.5, 0.6) is 0 Å². The largest absolute Gasteiger partial charge is 0.355 e. The Morgan fingerprint density at radius 3 is 2.24 bits per heavy atom. The maximum atomic E-state index is 4.42. The number of anilines is 2. The van der Waals surface area contributed by atoms with Crippen molar-refractivity contribution in [2.24, 2.45) is 0 Å². The summed E-state index contributed by atoms with van der Waals surface area (Å²) in [6.45, 7) is 10.9. The van der Waals surface area contributed by atoms with E-state index in [2.05, 4.69) is 175 Å². The summed E-state index contributed by atoms with van der Waals surface area (Å²) in [5.41, 5.74) is 9.97. The van der Waals surface area contributed by atoms with E-state index >= 15 is 0 Å². The zero-order valence-corrected chi connectivity index (χ0v) is 26.0. The summed E-state index contributed by atoms with van der Waals surface area (Å²) in [4.78, 5) is 0. The van der Waals surface area contributed by atoms with Gasteiger partial charge in [0.2, 0.25) is 0 Å². The summed E-state index contributed by atoms with van der Waals surface area (Å²) in [5, 5.41) is 7.52. The normalized spacial score (nSPS) is 12.2. The molecule has 0 amide bonds. The molecule has 1 N–H and O–H groups in total. The van der Waals surface area contributed by atoms with Gasteiger partial charge >= 0.3 is 0 Å². The topological polar surface area (TPSA) is 21.9 Å². The highest BCUT2D eigenvalue weighted by molar-refractivity contribution is 6.21. The van der Waals surface area contributed by atoms with E-state index in [4.69, 9.17) is 0 Å². The van der Waals surface area contributed by atoms with Crippen molar-refractivity contribution in [1.82, 2.24) is 9.13 Å². The molecule has 0 saturated heterocycles. The molecule has 220 valence electrons. The fourth-order valence-electron chi connectivity index (χ4n) is 6.46. The van der Waals surface area contributed by atoms with Gasteiger partial charge in [0.05, 0.1) is 16.6 Å². The number of benzene rings is 5. The minimum absolute atomic E-state index is 0.256. The summed E-state index contributed by atoms with van der Waals surface area (Å²) in [6.07, 6.45) is 10.4. The maximum absolute atomic E-state index is 4.42. The van der Waals surface area contributed by atoms with Crippen LogP contribution in [-0.4, -0.2) is 9.13 Å². The molecule has 45 heavy (non-hydrogen) atoms. The van der Waals surface area contributed by atoms with Gasteiger partial charge in [0.15, 0.2) is 0 Å².